The lowest BCUT2D eigenvalue weighted by Gasteiger charge is -2.27. The minimum atomic E-state index is -4.51. The van der Waals surface area contributed by atoms with Gasteiger partial charge >= 0.3 is 6.18 Å². The topological polar surface area (TPSA) is 75.4 Å². The van der Waals surface area contributed by atoms with Crippen molar-refractivity contribution in [3.8, 4) is 0 Å². The van der Waals surface area contributed by atoms with Crippen LogP contribution in [0.5, 0.6) is 0 Å². The van der Waals surface area contributed by atoms with Gasteiger partial charge < -0.3 is 16.0 Å². The predicted molar refractivity (Wildman–Crippen MR) is 107 cm³/mol. The molecule has 3 rings (SSSR count). The first-order chi connectivity index (χ1) is 14.1. The van der Waals surface area contributed by atoms with E-state index in [2.05, 4.69) is 5.32 Å². The zero-order chi connectivity index (χ0) is 21.9. The van der Waals surface area contributed by atoms with E-state index in [-0.39, 0.29) is 29.4 Å². The van der Waals surface area contributed by atoms with E-state index in [1.807, 2.05) is 37.3 Å². The second kappa shape index (κ2) is 8.44. The second-order valence-electron chi connectivity index (χ2n) is 6.90. The molecular weight excluding hydrogens is 395 g/mol. The van der Waals surface area contributed by atoms with E-state index >= 15 is 0 Å². The molecule has 0 spiro atoms. The molecule has 3 N–H and O–H groups in total. The van der Waals surface area contributed by atoms with Crippen LogP contribution >= 0.6 is 0 Å². The van der Waals surface area contributed by atoms with Crippen molar-refractivity contribution in [2.24, 2.45) is 5.73 Å². The third kappa shape index (κ3) is 4.89. The van der Waals surface area contributed by atoms with Crippen molar-refractivity contribution in [3.63, 3.8) is 0 Å². The first kappa shape index (κ1) is 21.2. The summed E-state index contributed by atoms with van der Waals surface area (Å²) in [4.78, 5) is 25.9. The highest BCUT2D eigenvalue weighted by Crippen LogP contribution is 2.32. The molecule has 1 aliphatic heterocycles. The summed E-state index contributed by atoms with van der Waals surface area (Å²) < 4.78 is 39.2. The lowest BCUT2D eigenvalue weighted by molar-refractivity contribution is -0.137. The van der Waals surface area contributed by atoms with Gasteiger partial charge in [-0.05, 0) is 36.8 Å². The van der Waals surface area contributed by atoms with Gasteiger partial charge in [0.25, 0.3) is 0 Å². The largest absolute Gasteiger partial charge is 0.416 e. The van der Waals surface area contributed by atoms with E-state index in [0.717, 1.165) is 17.7 Å². The van der Waals surface area contributed by atoms with E-state index in [1.165, 1.54) is 29.3 Å². The molecule has 0 fully saturated rings. The van der Waals surface area contributed by atoms with E-state index in [9.17, 15) is 22.8 Å². The van der Waals surface area contributed by atoms with Crippen LogP contribution in [0.25, 0.3) is 0 Å². The molecule has 1 heterocycles. The Bertz CT molecular complexity index is 1010. The van der Waals surface area contributed by atoms with Crippen LogP contribution in [-0.4, -0.2) is 18.4 Å². The lowest BCUT2D eigenvalue weighted by Crippen LogP contribution is -2.35. The molecular formula is C22H20F3N3O2. The Labute approximate surface area is 171 Å². The van der Waals surface area contributed by atoms with Crippen molar-refractivity contribution in [3.05, 3.63) is 89.1 Å². The summed E-state index contributed by atoms with van der Waals surface area (Å²) in [6, 6.07) is 13.6. The maximum atomic E-state index is 13.1. The number of carbonyl (C=O) groups excluding carboxylic acids is 2. The Morgan fingerprint density at radius 3 is 2.43 bits per heavy atom. The fourth-order valence-electron chi connectivity index (χ4n) is 3.08. The van der Waals surface area contributed by atoms with Crippen LogP contribution in [0.2, 0.25) is 0 Å². The average molecular weight is 415 g/mol. The number of rotatable bonds is 5. The first-order valence-electron chi connectivity index (χ1n) is 9.17. The molecule has 1 aliphatic rings. The summed E-state index contributed by atoms with van der Waals surface area (Å²) in [7, 11) is 0. The molecule has 1 atom stereocenters. The van der Waals surface area contributed by atoms with Crippen molar-refractivity contribution in [2.75, 3.05) is 11.4 Å². The van der Waals surface area contributed by atoms with Gasteiger partial charge in [0, 0.05) is 17.5 Å². The number of hydrogen-bond acceptors (Lipinski definition) is 3. The number of alkyl halides is 3. The van der Waals surface area contributed by atoms with Crippen LogP contribution in [0.1, 0.15) is 24.1 Å². The summed E-state index contributed by atoms with van der Waals surface area (Å²) in [6.45, 7) is 1.80. The Hall–Kier alpha value is -3.55. The summed E-state index contributed by atoms with van der Waals surface area (Å²) in [5.74, 6) is -1.22. The standard InChI is InChI=1S/C22H20F3N3O2/c1-14(15-6-3-2-4-7-15)27-21(30)17-10-16(20(26)29)12-28(13-17)19-9-5-8-18(11-19)22(23,24)25/h2-12,14H,13H2,1H3,(H2,26,29)(H,27,30). The predicted octanol–water partition coefficient (Wildman–Crippen LogP) is 3.70. The number of primary amides is 1. The SMILES string of the molecule is CC(NC(=O)C1=CC(C(N)=O)=CN(c2cccc(C(F)(F)F)c2)C1)c1ccccc1. The highest BCUT2D eigenvalue weighted by molar-refractivity contribution is 6.02. The number of nitrogens with two attached hydrogens (primary N) is 1. The monoisotopic (exact) mass is 415 g/mol. The number of halogens is 3. The van der Waals surface area contributed by atoms with Gasteiger partial charge in [-0.3, -0.25) is 9.59 Å². The molecule has 0 radical (unpaired) electrons. The quantitative estimate of drug-likeness (QED) is 0.782. The molecule has 5 nitrogen and oxygen atoms in total. The average Bonchev–Trinajstić information content (AvgIpc) is 2.73. The summed E-state index contributed by atoms with van der Waals surface area (Å²) in [5, 5.41) is 2.84. The van der Waals surface area contributed by atoms with E-state index < -0.39 is 23.6 Å². The smallest absolute Gasteiger partial charge is 0.366 e. The number of carbonyl (C=O) groups is 2. The normalized spacial score (nSPS) is 15.1. The molecule has 30 heavy (non-hydrogen) atoms. The minimum absolute atomic E-state index is 0.00850. The molecule has 0 bridgehead atoms. The van der Waals surface area contributed by atoms with Gasteiger partial charge in [-0.15, -0.1) is 0 Å². The molecule has 2 aromatic carbocycles. The van der Waals surface area contributed by atoms with Gasteiger partial charge in [0.1, 0.15) is 0 Å². The number of amides is 2. The number of anilines is 1. The Morgan fingerprint density at radius 2 is 1.80 bits per heavy atom. The van der Waals surface area contributed by atoms with E-state index in [4.69, 9.17) is 5.73 Å². The molecule has 0 saturated carbocycles. The molecule has 0 aliphatic carbocycles. The number of nitrogens with zero attached hydrogens (tertiary/aromatic N) is 1. The summed E-state index contributed by atoms with van der Waals surface area (Å²) in [6.07, 6.45) is -1.81. The molecule has 2 amide bonds. The fraction of sp³-hybridized carbons (Fsp3) is 0.182. The zero-order valence-electron chi connectivity index (χ0n) is 16.1. The van der Waals surface area contributed by atoms with Gasteiger partial charge in [0.15, 0.2) is 0 Å². The van der Waals surface area contributed by atoms with Crippen LogP contribution in [-0.2, 0) is 15.8 Å². The Balaban J connectivity index is 1.85. The molecule has 8 heteroatoms. The number of nitrogens with one attached hydrogen (secondary N) is 1. The third-order valence-electron chi connectivity index (χ3n) is 4.69. The molecule has 2 aromatic rings. The van der Waals surface area contributed by atoms with Gasteiger partial charge in [0.05, 0.1) is 23.7 Å². The van der Waals surface area contributed by atoms with Gasteiger partial charge in [0.2, 0.25) is 11.8 Å². The maximum absolute atomic E-state index is 13.1. The van der Waals surface area contributed by atoms with Gasteiger partial charge in [-0.1, -0.05) is 36.4 Å². The van der Waals surface area contributed by atoms with E-state index in [0.29, 0.717) is 0 Å². The van der Waals surface area contributed by atoms with Crippen molar-refractivity contribution in [1.29, 1.82) is 0 Å². The Morgan fingerprint density at radius 1 is 1.10 bits per heavy atom. The summed E-state index contributed by atoms with van der Waals surface area (Å²) >= 11 is 0. The molecule has 0 saturated heterocycles. The zero-order valence-corrected chi connectivity index (χ0v) is 16.1. The molecule has 156 valence electrons. The molecule has 0 aromatic heterocycles. The number of benzene rings is 2. The highest BCUT2D eigenvalue weighted by Gasteiger charge is 2.31. The van der Waals surface area contributed by atoms with Crippen LogP contribution in [0.4, 0.5) is 18.9 Å². The third-order valence-corrected chi connectivity index (χ3v) is 4.69. The van der Waals surface area contributed by atoms with Gasteiger partial charge in [-0.2, -0.15) is 13.2 Å². The van der Waals surface area contributed by atoms with E-state index in [1.54, 1.807) is 0 Å². The number of hydrogen-bond donors (Lipinski definition) is 2. The highest BCUT2D eigenvalue weighted by atomic mass is 19.4. The molecule has 1 unspecified atom stereocenters. The minimum Gasteiger partial charge on any atom is -0.366 e. The maximum Gasteiger partial charge on any atom is 0.416 e. The first-order valence-corrected chi connectivity index (χ1v) is 9.17. The van der Waals surface area contributed by atoms with Crippen molar-refractivity contribution >= 4 is 17.5 Å². The fourth-order valence-corrected chi connectivity index (χ4v) is 3.08. The van der Waals surface area contributed by atoms with Crippen LogP contribution in [0, 0.1) is 0 Å². The van der Waals surface area contributed by atoms with Crippen molar-refractivity contribution < 1.29 is 22.8 Å². The summed E-state index contributed by atoms with van der Waals surface area (Å²) in [5.41, 5.74) is 5.87. The second-order valence-corrected chi connectivity index (χ2v) is 6.90. The van der Waals surface area contributed by atoms with Gasteiger partial charge in [-0.25, -0.2) is 0 Å². The van der Waals surface area contributed by atoms with Crippen molar-refractivity contribution in [2.45, 2.75) is 19.1 Å². The van der Waals surface area contributed by atoms with Crippen LogP contribution in [0.3, 0.4) is 0 Å². The van der Waals surface area contributed by atoms with Crippen LogP contribution < -0.4 is 16.0 Å². The van der Waals surface area contributed by atoms with Crippen molar-refractivity contribution in [1.82, 2.24) is 5.32 Å². The lowest BCUT2D eigenvalue weighted by atomic mass is 10.0. The Kier molecular flexibility index (Phi) is 5.96. The van der Waals surface area contributed by atoms with Crippen LogP contribution in [0.15, 0.2) is 78.0 Å².